The van der Waals surface area contributed by atoms with Gasteiger partial charge in [-0.15, -0.1) is 0 Å². The molecule has 2 saturated carbocycles. The summed E-state index contributed by atoms with van der Waals surface area (Å²) in [5.74, 6) is 1.14. The fourth-order valence-electron chi connectivity index (χ4n) is 3.86. The van der Waals surface area contributed by atoms with Crippen LogP contribution in [0.1, 0.15) is 38.2 Å². The van der Waals surface area contributed by atoms with Crippen LogP contribution in [0, 0.1) is 17.3 Å². The van der Waals surface area contributed by atoms with Gasteiger partial charge in [-0.25, -0.2) is 5.43 Å². The summed E-state index contributed by atoms with van der Waals surface area (Å²) < 4.78 is 5.04. The lowest BCUT2D eigenvalue weighted by Gasteiger charge is -2.15. The van der Waals surface area contributed by atoms with Gasteiger partial charge in [-0.2, -0.15) is 5.10 Å². The molecule has 2 aliphatic carbocycles. The largest absolute Gasteiger partial charge is 0.504 e. The zero-order chi connectivity index (χ0) is 15.7. The van der Waals surface area contributed by atoms with Crippen molar-refractivity contribution in [2.75, 3.05) is 7.11 Å². The second kappa shape index (κ2) is 5.63. The number of nitrogens with one attached hydrogen (secondary N) is 1. The molecule has 2 fully saturated rings. The van der Waals surface area contributed by atoms with Gasteiger partial charge in [0, 0.05) is 5.92 Å². The van der Waals surface area contributed by atoms with Crippen molar-refractivity contribution in [3.05, 3.63) is 23.8 Å². The second-order valence-corrected chi connectivity index (χ2v) is 6.50. The van der Waals surface area contributed by atoms with Crippen molar-refractivity contribution in [1.82, 2.24) is 5.43 Å². The molecule has 3 atom stereocenters. The predicted molar refractivity (Wildman–Crippen MR) is 84.0 cm³/mol. The van der Waals surface area contributed by atoms with Gasteiger partial charge in [-0.3, -0.25) is 4.79 Å². The molecule has 3 rings (SSSR count). The quantitative estimate of drug-likeness (QED) is 0.663. The van der Waals surface area contributed by atoms with Crippen LogP contribution < -0.4 is 10.2 Å². The van der Waals surface area contributed by atoms with E-state index in [0.717, 1.165) is 18.4 Å². The first-order chi connectivity index (χ1) is 10.6. The molecule has 1 aromatic rings. The summed E-state index contributed by atoms with van der Waals surface area (Å²) in [6.45, 7) is 2.22. The molecule has 5 nitrogen and oxygen atoms in total. The molecule has 0 radical (unpaired) electrons. The first kappa shape index (κ1) is 14.9. The number of phenolic OH excluding ortho intramolecular Hbond substituents is 1. The maximum absolute atomic E-state index is 12.3. The highest BCUT2D eigenvalue weighted by Gasteiger charge is 2.64. The van der Waals surface area contributed by atoms with Crippen molar-refractivity contribution < 1.29 is 14.6 Å². The van der Waals surface area contributed by atoms with Crippen molar-refractivity contribution in [1.29, 1.82) is 0 Å². The van der Waals surface area contributed by atoms with Crippen molar-refractivity contribution in [2.24, 2.45) is 22.4 Å². The number of hydrazone groups is 1. The van der Waals surface area contributed by atoms with E-state index in [1.165, 1.54) is 20.0 Å². The number of hydrogen-bond acceptors (Lipinski definition) is 4. The molecule has 0 saturated heterocycles. The molecule has 22 heavy (non-hydrogen) atoms. The van der Waals surface area contributed by atoms with Crippen LogP contribution in [0.15, 0.2) is 23.3 Å². The number of fused-ring (bicyclic) bond motifs is 1. The molecule has 5 heteroatoms. The molecule has 1 amide bonds. The van der Waals surface area contributed by atoms with Crippen LogP contribution in [-0.2, 0) is 4.79 Å². The van der Waals surface area contributed by atoms with Gasteiger partial charge in [0.1, 0.15) is 0 Å². The number of rotatable bonds is 4. The molecule has 0 bridgehead atoms. The molecule has 0 heterocycles. The number of nitrogens with zero attached hydrogens (tertiary/aromatic N) is 1. The smallest absolute Gasteiger partial charge is 0.244 e. The van der Waals surface area contributed by atoms with Crippen molar-refractivity contribution in [2.45, 2.75) is 32.6 Å². The van der Waals surface area contributed by atoms with Crippen LogP contribution in [0.4, 0.5) is 0 Å². The van der Waals surface area contributed by atoms with Crippen LogP contribution in [0.3, 0.4) is 0 Å². The van der Waals surface area contributed by atoms with E-state index < -0.39 is 0 Å². The highest BCUT2D eigenvalue weighted by molar-refractivity contribution is 5.86. The fourth-order valence-corrected chi connectivity index (χ4v) is 3.86. The molecule has 0 unspecified atom stereocenters. The van der Waals surface area contributed by atoms with Gasteiger partial charge in [-0.1, -0.05) is 19.8 Å². The lowest BCUT2D eigenvalue weighted by molar-refractivity contribution is -0.123. The van der Waals surface area contributed by atoms with Gasteiger partial charge in [0.2, 0.25) is 5.91 Å². The monoisotopic (exact) mass is 302 g/mol. The number of amides is 1. The van der Waals surface area contributed by atoms with Crippen LogP contribution >= 0.6 is 0 Å². The predicted octanol–water partition coefficient (Wildman–Crippen LogP) is 2.68. The molecule has 118 valence electrons. The average molecular weight is 302 g/mol. The third-order valence-corrected chi connectivity index (χ3v) is 5.21. The first-order valence-corrected chi connectivity index (χ1v) is 7.76. The van der Waals surface area contributed by atoms with Crippen molar-refractivity contribution >= 4 is 12.1 Å². The van der Waals surface area contributed by atoms with Gasteiger partial charge in [0.25, 0.3) is 0 Å². The van der Waals surface area contributed by atoms with Crippen LogP contribution in [0.5, 0.6) is 11.5 Å². The number of carbonyl (C=O) groups excluding carboxylic acids is 1. The summed E-state index contributed by atoms with van der Waals surface area (Å²) in [6.07, 6.45) is 6.34. The lowest BCUT2D eigenvalue weighted by atomic mass is 9.90. The third kappa shape index (κ3) is 2.56. The van der Waals surface area contributed by atoms with Gasteiger partial charge in [-0.05, 0) is 47.9 Å². The van der Waals surface area contributed by atoms with E-state index in [-0.39, 0.29) is 23.0 Å². The fraction of sp³-hybridized carbons (Fsp3) is 0.529. The molecule has 0 aliphatic heterocycles. The Balaban J connectivity index is 1.59. The summed E-state index contributed by atoms with van der Waals surface area (Å²) >= 11 is 0. The van der Waals surface area contributed by atoms with E-state index in [9.17, 15) is 9.90 Å². The molecule has 0 spiro atoms. The highest BCUT2D eigenvalue weighted by atomic mass is 16.5. The van der Waals surface area contributed by atoms with Crippen LogP contribution in [-0.4, -0.2) is 24.3 Å². The maximum Gasteiger partial charge on any atom is 0.244 e. The summed E-state index contributed by atoms with van der Waals surface area (Å²) in [7, 11) is 1.49. The number of benzene rings is 1. The number of aromatic hydroxyl groups is 1. The summed E-state index contributed by atoms with van der Waals surface area (Å²) in [4.78, 5) is 12.3. The summed E-state index contributed by atoms with van der Waals surface area (Å²) in [6, 6.07) is 4.92. The minimum Gasteiger partial charge on any atom is -0.504 e. The number of hydrogen-bond donors (Lipinski definition) is 2. The van der Waals surface area contributed by atoms with Crippen molar-refractivity contribution in [3.8, 4) is 11.5 Å². The molecule has 2 aliphatic rings. The van der Waals surface area contributed by atoms with Gasteiger partial charge in [0.15, 0.2) is 11.5 Å². The van der Waals surface area contributed by atoms with Gasteiger partial charge < -0.3 is 9.84 Å². The Hall–Kier alpha value is -2.04. The Morgan fingerprint density at radius 2 is 2.32 bits per heavy atom. The van der Waals surface area contributed by atoms with Crippen LogP contribution in [0.25, 0.3) is 0 Å². The van der Waals surface area contributed by atoms with E-state index >= 15 is 0 Å². The number of methoxy groups -OCH3 is 1. The van der Waals surface area contributed by atoms with E-state index in [1.54, 1.807) is 24.4 Å². The second-order valence-electron chi connectivity index (χ2n) is 6.50. The van der Waals surface area contributed by atoms with E-state index in [4.69, 9.17) is 4.74 Å². The minimum atomic E-state index is 0.0244. The van der Waals surface area contributed by atoms with Crippen LogP contribution in [0.2, 0.25) is 0 Å². The summed E-state index contributed by atoms with van der Waals surface area (Å²) in [5, 5.41) is 13.6. The maximum atomic E-state index is 12.3. The Morgan fingerprint density at radius 1 is 1.50 bits per heavy atom. The number of carbonyl (C=O) groups is 1. The zero-order valence-corrected chi connectivity index (χ0v) is 13.0. The lowest BCUT2D eigenvalue weighted by Crippen LogP contribution is -2.22. The minimum absolute atomic E-state index is 0.0244. The number of phenols is 1. The van der Waals surface area contributed by atoms with E-state index in [0.29, 0.717) is 11.7 Å². The Morgan fingerprint density at radius 3 is 3.00 bits per heavy atom. The normalized spacial score (nSPS) is 29.9. The van der Waals surface area contributed by atoms with E-state index in [2.05, 4.69) is 17.5 Å². The number of ether oxygens (including phenoxy) is 1. The first-order valence-electron chi connectivity index (χ1n) is 7.76. The zero-order valence-electron chi connectivity index (χ0n) is 13.0. The Kier molecular flexibility index (Phi) is 3.81. The standard InChI is InChI=1S/C17H22N2O3/c1-17-8-4-3-5-12(17)15(17)16(21)19-18-10-11-6-7-13(20)14(9-11)22-2/h6-7,9-10,12,15,20H,3-5,8H2,1-2H3,(H,19,21)/b18-10-/t12-,15+,17+/m1/s1. The molecular weight excluding hydrogens is 280 g/mol. The molecule has 2 N–H and O–H groups in total. The SMILES string of the molecule is COc1cc(/C=N\NC(=O)[C@@H]2[C@H]3CCCC[C@@]32C)ccc1O. The summed E-state index contributed by atoms with van der Waals surface area (Å²) in [5.41, 5.74) is 3.61. The van der Waals surface area contributed by atoms with Gasteiger partial charge in [0.05, 0.1) is 13.3 Å². The Labute approximate surface area is 130 Å². The van der Waals surface area contributed by atoms with E-state index in [1.807, 2.05) is 0 Å². The topological polar surface area (TPSA) is 70.9 Å². The van der Waals surface area contributed by atoms with Crippen molar-refractivity contribution in [3.63, 3.8) is 0 Å². The third-order valence-electron chi connectivity index (χ3n) is 5.21. The highest BCUT2D eigenvalue weighted by Crippen LogP contribution is 2.66. The molecular formula is C17H22N2O3. The van der Waals surface area contributed by atoms with Gasteiger partial charge >= 0.3 is 0 Å². The Bertz CT molecular complexity index is 614. The molecule has 0 aromatic heterocycles. The average Bonchev–Trinajstić information content (AvgIpc) is 3.14. The molecule has 1 aromatic carbocycles.